The van der Waals surface area contributed by atoms with Gasteiger partial charge in [0.1, 0.15) is 4.83 Å². The number of nitrogens with zero attached hydrogens (tertiary/aromatic N) is 2. The predicted octanol–water partition coefficient (Wildman–Crippen LogP) is 6.86. The molecular formula is C29H24N2OS2. The highest BCUT2D eigenvalue weighted by Crippen LogP contribution is 2.42. The quantitative estimate of drug-likeness (QED) is 0.204. The lowest BCUT2D eigenvalue weighted by Crippen LogP contribution is -2.22. The Kier molecular flexibility index (Phi) is 5.60. The van der Waals surface area contributed by atoms with Crippen LogP contribution in [-0.4, -0.2) is 15.3 Å². The summed E-state index contributed by atoms with van der Waals surface area (Å²) in [5.74, 6) is 0.863. The van der Waals surface area contributed by atoms with Crippen molar-refractivity contribution >= 4 is 33.3 Å². The summed E-state index contributed by atoms with van der Waals surface area (Å²) < 4.78 is 1.83. The van der Waals surface area contributed by atoms with E-state index in [9.17, 15) is 4.79 Å². The molecule has 3 aromatic carbocycles. The molecule has 5 heteroatoms. The molecule has 1 aliphatic carbocycles. The minimum absolute atomic E-state index is 0.0506. The molecule has 0 bridgehead atoms. The van der Waals surface area contributed by atoms with E-state index in [0.717, 1.165) is 51.6 Å². The van der Waals surface area contributed by atoms with Gasteiger partial charge in [-0.1, -0.05) is 78.5 Å². The number of hydrogen-bond donors (Lipinski definition) is 0. The summed E-state index contributed by atoms with van der Waals surface area (Å²) in [4.78, 5) is 21.2. The zero-order valence-electron chi connectivity index (χ0n) is 19.0. The van der Waals surface area contributed by atoms with Crippen molar-refractivity contribution in [2.75, 3.05) is 5.75 Å². The van der Waals surface area contributed by atoms with Gasteiger partial charge in [-0.05, 0) is 66.1 Å². The first-order chi connectivity index (χ1) is 16.7. The maximum atomic E-state index is 14.1. The Bertz CT molecular complexity index is 1570. The number of thioether (sulfide) groups is 1. The summed E-state index contributed by atoms with van der Waals surface area (Å²) >= 11 is 3.33. The Morgan fingerprint density at radius 2 is 1.79 bits per heavy atom. The lowest BCUT2D eigenvalue weighted by molar-refractivity contribution is 0.818. The van der Waals surface area contributed by atoms with E-state index in [1.54, 1.807) is 23.1 Å². The molecule has 0 aliphatic heterocycles. The molecule has 0 spiro atoms. The van der Waals surface area contributed by atoms with Gasteiger partial charge in [0, 0.05) is 10.6 Å². The normalized spacial score (nSPS) is 12.5. The molecule has 3 nitrogen and oxygen atoms in total. The fourth-order valence-electron chi connectivity index (χ4n) is 4.76. The van der Waals surface area contributed by atoms with Gasteiger partial charge in [0.15, 0.2) is 5.16 Å². The van der Waals surface area contributed by atoms with Gasteiger partial charge >= 0.3 is 0 Å². The van der Waals surface area contributed by atoms with E-state index in [2.05, 4.69) is 67.6 Å². The highest BCUT2D eigenvalue weighted by molar-refractivity contribution is 7.99. The number of aryl methyl sites for hydroxylation is 4. The van der Waals surface area contributed by atoms with Crippen molar-refractivity contribution in [3.63, 3.8) is 0 Å². The van der Waals surface area contributed by atoms with Crippen molar-refractivity contribution in [2.24, 2.45) is 0 Å². The van der Waals surface area contributed by atoms with Crippen LogP contribution in [0.15, 0.2) is 88.8 Å². The molecule has 1 aliphatic rings. The van der Waals surface area contributed by atoms with Gasteiger partial charge in [0.2, 0.25) is 0 Å². The molecule has 2 aromatic heterocycles. The van der Waals surface area contributed by atoms with Crippen molar-refractivity contribution in [3.05, 3.63) is 111 Å². The molecule has 6 rings (SSSR count). The Morgan fingerprint density at radius 3 is 2.65 bits per heavy atom. The van der Waals surface area contributed by atoms with E-state index < -0.39 is 0 Å². The molecule has 0 saturated heterocycles. The van der Waals surface area contributed by atoms with Crippen molar-refractivity contribution in [1.29, 1.82) is 0 Å². The van der Waals surface area contributed by atoms with Gasteiger partial charge in [-0.3, -0.25) is 9.36 Å². The molecule has 168 valence electrons. The molecule has 0 fully saturated rings. The Hall–Kier alpha value is -3.15. The topological polar surface area (TPSA) is 34.9 Å². The van der Waals surface area contributed by atoms with Crippen LogP contribution in [0.4, 0.5) is 0 Å². The van der Waals surface area contributed by atoms with E-state index in [4.69, 9.17) is 4.98 Å². The van der Waals surface area contributed by atoms with Crippen molar-refractivity contribution < 1.29 is 0 Å². The molecule has 0 unspecified atom stereocenters. The summed E-state index contributed by atoms with van der Waals surface area (Å²) in [6, 6.07) is 27.2. The number of thiophene rings is 1. The van der Waals surface area contributed by atoms with Crippen LogP contribution in [0.2, 0.25) is 0 Å². The molecule has 0 N–H and O–H groups in total. The number of hydrogen-bond acceptors (Lipinski definition) is 4. The third-order valence-electron chi connectivity index (χ3n) is 6.42. The number of aromatic nitrogens is 2. The van der Waals surface area contributed by atoms with Crippen LogP contribution >= 0.6 is 23.1 Å². The maximum Gasteiger partial charge on any atom is 0.267 e. The molecule has 0 saturated carbocycles. The fourth-order valence-corrected chi connectivity index (χ4v) is 7.08. The van der Waals surface area contributed by atoms with Crippen LogP contribution in [0.1, 0.15) is 22.3 Å². The second-order valence-corrected chi connectivity index (χ2v) is 10.8. The first-order valence-electron chi connectivity index (χ1n) is 11.6. The molecule has 0 amide bonds. The lowest BCUT2D eigenvalue weighted by Gasteiger charge is -2.16. The first-order valence-corrected chi connectivity index (χ1v) is 13.4. The molecule has 2 heterocycles. The third kappa shape index (κ3) is 3.79. The zero-order valence-corrected chi connectivity index (χ0v) is 20.6. The van der Waals surface area contributed by atoms with Gasteiger partial charge < -0.3 is 0 Å². The van der Waals surface area contributed by atoms with E-state index in [1.807, 2.05) is 22.8 Å². The Labute approximate surface area is 207 Å². The highest BCUT2D eigenvalue weighted by Gasteiger charge is 2.25. The van der Waals surface area contributed by atoms with E-state index in [0.29, 0.717) is 0 Å². The average molecular weight is 481 g/mol. The second kappa shape index (κ2) is 8.90. The highest BCUT2D eigenvalue weighted by atomic mass is 32.2. The number of fused-ring (bicyclic) bond motifs is 5. The average Bonchev–Trinajstić information content (AvgIpc) is 3.24. The van der Waals surface area contributed by atoms with Crippen molar-refractivity contribution in [1.82, 2.24) is 9.55 Å². The van der Waals surface area contributed by atoms with Crippen LogP contribution in [-0.2, 0) is 19.3 Å². The predicted molar refractivity (Wildman–Crippen MR) is 144 cm³/mol. The van der Waals surface area contributed by atoms with E-state index >= 15 is 0 Å². The smallest absolute Gasteiger partial charge is 0.267 e. The number of rotatable bonds is 5. The standard InChI is InChI=1S/C29H24N2OS2/c1-19-8-7-12-22(18-19)31-28(32)25-24-15-14-21-11-5-6-13-23(21)26(24)34-27(25)30-29(31)33-17-16-20-9-3-2-4-10-20/h2-13,18H,14-17H2,1H3. The number of benzene rings is 3. The lowest BCUT2D eigenvalue weighted by atomic mass is 9.90. The molecule has 5 aromatic rings. The molecule has 34 heavy (non-hydrogen) atoms. The summed E-state index contributed by atoms with van der Waals surface area (Å²) in [6.45, 7) is 2.06. The van der Waals surface area contributed by atoms with Crippen LogP contribution in [0.25, 0.3) is 26.3 Å². The second-order valence-electron chi connectivity index (χ2n) is 8.71. The van der Waals surface area contributed by atoms with Gasteiger partial charge in [-0.2, -0.15) is 0 Å². The van der Waals surface area contributed by atoms with Crippen LogP contribution in [0, 0.1) is 6.92 Å². The van der Waals surface area contributed by atoms with Crippen LogP contribution < -0.4 is 5.56 Å². The monoisotopic (exact) mass is 480 g/mol. The van der Waals surface area contributed by atoms with Gasteiger partial charge in [-0.25, -0.2) is 4.98 Å². The zero-order chi connectivity index (χ0) is 23.1. The minimum atomic E-state index is 0.0506. The molecule has 0 radical (unpaired) electrons. The largest absolute Gasteiger partial charge is 0.268 e. The molecular weight excluding hydrogens is 456 g/mol. The molecule has 0 atom stereocenters. The Morgan fingerprint density at radius 1 is 0.971 bits per heavy atom. The minimum Gasteiger partial charge on any atom is -0.268 e. The van der Waals surface area contributed by atoms with Crippen LogP contribution in [0.5, 0.6) is 0 Å². The van der Waals surface area contributed by atoms with Crippen molar-refractivity contribution in [3.8, 4) is 16.1 Å². The summed E-state index contributed by atoms with van der Waals surface area (Å²) in [5.41, 5.74) is 7.14. The Balaban J connectivity index is 1.50. The van der Waals surface area contributed by atoms with Gasteiger partial charge in [0.25, 0.3) is 5.56 Å². The van der Waals surface area contributed by atoms with E-state index in [1.165, 1.54) is 27.1 Å². The maximum absolute atomic E-state index is 14.1. The van der Waals surface area contributed by atoms with Crippen LogP contribution in [0.3, 0.4) is 0 Å². The summed E-state index contributed by atoms with van der Waals surface area (Å²) in [6.07, 6.45) is 2.78. The van der Waals surface area contributed by atoms with Gasteiger partial charge in [0.05, 0.1) is 11.1 Å². The SMILES string of the molecule is Cc1cccc(-n2c(SCCc3ccccc3)nc3sc4c(c3c2=O)CCc2ccccc2-4)c1. The summed E-state index contributed by atoms with van der Waals surface area (Å²) in [7, 11) is 0. The van der Waals surface area contributed by atoms with E-state index in [-0.39, 0.29) is 5.56 Å². The van der Waals surface area contributed by atoms with Crippen molar-refractivity contribution in [2.45, 2.75) is 31.3 Å². The summed E-state index contributed by atoms with van der Waals surface area (Å²) in [5, 5.41) is 1.56. The fraction of sp³-hybridized carbons (Fsp3) is 0.172. The first kappa shape index (κ1) is 21.4. The van der Waals surface area contributed by atoms with Gasteiger partial charge in [-0.15, -0.1) is 11.3 Å². The third-order valence-corrected chi connectivity index (χ3v) is 8.52.